The molecule has 0 spiro atoms. The van der Waals surface area contributed by atoms with Crippen LogP contribution in [0.1, 0.15) is 32.8 Å². The molecule has 3 heteroatoms. The summed E-state index contributed by atoms with van der Waals surface area (Å²) in [5, 5.41) is 2.99. The average Bonchev–Trinajstić information content (AvgIpc) is 2.36. The molecule has 1 aromatic rings. The molecule has 0 aliphatic heterocycles. The SMILES string of the molecule is CCc1ccccc1NC(=O)CC(CN)C(C)C. The first-order valence-electron chi connectivity index (χ1n) is 6.66. The van der Waals surface area contributed by atoms with Gasteiger partial charge in [-0.25, -0.2) is 0 Å². The van der Waals surface area contributed by atoms with Crippen molar-refractivity contribution in [3.05, 3.63) is 29.8 Å². The van der Waals surface area contributed by atoms with Crippen LogP contribution < -0.4 is 11.1 Å². The summed E-state index contributed by atoms with van der Waals surface area (Å²) in [7, 11) is 0. The summed E-state index contributed by atoms with van der Waals surface area (Å²) in [5.41, 5.74) is 7.78. The number of amides is 1. The molecular formula is C15H24N2O. The van der Waals surface area contributed by atoms with Gasteiger partial charge in [-0.3, -0.25) is 4.79 Å². The zero-order valence-electron chi connectivity index (χ0n) is 11.6. The summed E-state index contributed by atoms with van der Waals surface area (Å²) < 4.78 is 0. The second-order valence-corrected chi connectivity index (χ2v) is 5.00. The Hall–Kier alpha value is -1.35. The highest BCUT2D eigenvalue weighted by molar-refractivity contribution is 5.91. The van der Waals surface area contributed by atoms with E-state index in [1.807, 2.05) is 24.3 Å². The van der Waals surface area contributed by atoms with Crippen LogP contribution in [0, 0.1) is 11.8 Å². The van der Waals surface area contributed by atoms with E-state index in [2.05, 4.69) is 26.1 Å². The van der Waals surface area contributed by atoms with Gasteiger partial charge in [0, 0.05) is 12.1 Å². The number of hydrogen-bond donors (Lipinski definition) is 2. The lowest BCUT2D eigenvalue weighted by molar-refractivity contribution is -0.117. The van der Waals surface area contributed by atoms with E-state index in [0.717, 1.165) is 12.1 Å². The molecule has 0 saturated heterocycles. The Morgan fingerprint density at radius 2 is 2.00 bits per heavy atom. The Balaban J connectivity index is 2.64. The molecule has 3 nitrogen and oxygen atoms in total. The molecule has 100 valence electrons. The Labute approximate surface area is 110 Å². The van der Waals surface area contributed by atoms with E-state index in [1.54, 1.807) is 0 Å². The highest BCUT2D eigenvalue weighted by Crippen LogP contribution is 2.18. The molecule has 3 N–H and O–H groups in total. The van der Waals surface area contributed by atoms with Gasteiger partial charge in [0.25, 0.3) is 0 Å². The largest absolute Gasteiger partial charge is 0.330 e. The van der Waals surface area contributed by atoms with Crippen molar-refractivity contribution >= 4 is 11.6 Å². The van der Waals surface area contributed by atoms with Gasteiger partial charge in [-0.15, -0.1) is 0 Å². The van der Waals surface area contributed by atoms with Gasteiger partial charge < -0.3 is 11.1 Å². The van der Waals surface area contributed by atoms with Crippen molar-refractivity contribution in [3.8, 4) is 0 Å². The van der Waals surface area contributed by atoms with Gasteiger partial charge in [0.2, 0.25) is 5.91 Å². The van der Waals surface area contributed by atoms with Gasteiger partial charge >= 0.3 is 0 Å². The van der Waals surface area contributed by atoms with Crippen molar-refractivity contribution in [1.29, 1.82) is 0 Å². The number of nitrogens with two attached hydrogens (primary N) is 1. The molecule has 18 heavy (non-hydrogen) atoms. The molecule has 1 amide bonds. The van der Waals surface area contributed by atoms with Crippen LogP contribution in [0.2, 0.25) is 0 Å². The van der Waals surface area contributed by atoms with Crippen LogP contribution in [0.15, 0.2) is 24.3 Å². The quantitative estimate of drug-likeness (QED) is 0.813. The first-order chi connectivity index (χ1) is 8.58. The van der Waals surface area contributed by atoms with Crippen LogP contribution in [-0.4, -0.2) is 12.5 Å². The molecular weight excluding hydrogens is 224 g/mol. The predicted molar refractivity (Wildman–Crippen MR) is 76.4 cm³/mol. The van der Waals surface area contributed by atoms with Crippen molar-refractivity contribution in [1.82, 2.24) is 0 Å². The second kappa shape index (κ2) is 7.17. The fourth-order valence-corrected chi connectivity index (χ4v) is 1.98. The number of nitrogens with one attached hydrogen (secondary N) is 1. The number of carbonyl (C=O) groups excluding carboxylic acids is 1. The number of benzene rings is 1. The lowest BCUT2D eigenvalue weighted by Gasteiger charge is -2.18. The number of carbonyl (C=O) groups is 1. The minimum atomic E-state index is 0.0556. The van der Waals surface area contributed by atoms with E-state index >= 15 is 0 Å². The summed E-state index contributed by atoms with van der Waals surface area (Å²) in [4.78, 5) is 12.0. The maximum Gasteiger partial charge on any atom is 0.224 e. The molecule has 0 aliphatic carbocycles. The van der Waals surface area contributed by atoms with Crippen molar-refractivity contribution in [2.45, 2.75) is 33.6 Å². The molecule has 0 fully saturated rings. The van der Waals surface area contributed by atoms with Crippen molar-refractivity contribution in [3.63, 3.8) is 0 Å². The van der Waals surface area contributed by atoms with Gasteiger partial charge in [-0.2, -0.15) is 0 Å². The normalized spacial score (nSPS) is 12.5. The number of anilines is 1. The first-order valence-corrected chi connectivity index (χ1v) is 6.66. The summed E-state index contributed by atoms with van der Waals surface area (Å²) in [6.07, 6.45) is 1.41. The molecule has 0 aliphatic rings. The Morgan fingerprint density at radius 1 is 1.33 bits per heavy atom. The van der Waals surface area contributed by atoms with Gasteiger partial charge in [0.1, 0.15) is 0 Å². The number of aryl methyl sites for hydroxylation is 1. The zero-order valence-corrected chi connectivity index (χ0v) is 11.6. The van der Waals surface area contributed by atoms with E-state index in [0.29, 0.717) is 18.9 Å². The lowest BCUT2D eigenvalue weighted by Crippen LogP contribution is -2.26. The molecule has 0 aromatic heterocycles. The van der Waals surface area contributed by atoms with E-state index < -0.39 is 0 Å². The third-order valence-electron chi connectivity index (χ3n) is 3.37. The van der Waals surface area contributed by atoms with Gasteiger partial charge in [-0.1, -0.05) is 39.0 Å². The fourth-order valence-electron chi connectivity index (χ4n) is 1.98. The Kier molecular flexibility index (Phi) is 5.86. The maximum absolute atomic E-state index is 12.0. The molecule has 0 heterocycles. The standard InChI is InChI=1S/C15H24N2O/c1-4-12-7-5-6-8-14(12)17-15(18)9-13(10-16)11(2)3/h5-8,11,13H,4,9-10,16H2,1-3H3,(H,17,18). The van der Waals surface area contributed by atoms with E-state index in [-0.39, 0.29) is 11.8 Å². The maximum atomic E-state index is 12.0. The number of rotatable bonds is 6. The van der Waals surface area contributed by atoms with E-state index in [4.69, 9.17) is 5.73 Å². The summed E-state index contributed by atoms with van der Waals surface area (Å²) in [6.45, 7) is 6.85. The average molecular weight is 248 g/mol. The van der Waals surface area contributed by atoms with E-state index in [9.17, 15) is 4.79 Å². The summed E-state index contributed by atoms with van der Waals surface area (Å²) in [5.74, 6) is 0.737. The minimum Gasteiger partial charge on any atom is -0.330 e. The van der Waals surface area contributed by atoms with Crippen LogP contribution >= 0.6 is 0 Å². The van der Waals surface area contributed by atoms with Gasteiger partial charge in [0.05, 0.1) is 0 Å². The molecule has 0 radical (unpaired) electrons. The monoisotopic (exact) mass is 248 g/mol. The van der Waals surface area contributed by atoms with Gasteiger partial charge in [0.15, 0.2) is 0 Å². The second-order valence-electron chi connectivity index (χ2n) is 5.00. The zero-order chi connectivity index (χ0) is 13.5. The van der Waals surface area contributed by atoms with Crippen LogP contribution in [0.25, 0.3) is 0 Å². The number of para-hydroxylation sites is 1. The van der Waals surface area contributed by atoms with Crippen molar-refractivity contribution < 1.29 is 4.79 Å². The van der Waals surface area contributed by atoms with Crippen molar-refractivity contribution in [2.24, 2.45) is 17.6 Å². The Bertz CT molecular complexity index is 388. The summed E-state index contributed by atoms with van der Waals surface area (Å²) >= 11 is 0. The number of hydrogen-bond acceptors (Lipinski definition) is 2. The summed E-state index contributed by atoms with van der Waals surface area (Å²) in [6, 6.07) is 7.92. The highest BCUT2D eigenvalue weighted by atomic mass is 16.1. The smallest absolute Gasteiger partial charge is 0.224 e. The molecule has 1 rings (SSSR count). The molecule has 1 atom stereocenters. The van der Waals surface area contributed by atoms with Crippen molar-refractivity contribution in [2.75, 3.05) is 11.9 Å². The fraction of sp³-hybridized carbons (Fsp3) is 0.533. The van der Waals surface area contributed by atoms with Crippen LogP contribution in [0.4, 0.5) is 5.69 Å². The van der Waals surface area contributed by atoms with E-state index in [1.165, 1.54) is 5.56 Å². The van der Waals surface area contributed by atoms with Crippen LogP contribution in [0.5, 0.6) is 0 Å². The highest BCUT2D eigenvalue weighted by Gasteiger charge is 2.16. The molecule has 0 saturated carbocycles. The molecule has 1 aromatic carbocycles. The first kappa shape index (κ1) is 14.7. The minimum absolute atomic E-state index is 0.0556. The topological polar surface area (TPSA) is 55.1 Å². The third kappa shape index (κ3) is 4.15. The van der Waals surface area contributed by atoms with Crippen LogP contribution in [0.3, 0.4) is 0 Å². The predicted octanol–water partition coefficient (Wildman–Crippen LogP) is 2.81. The van der Waals surface area contributed by atoms with Crippen LogP contribution in [-0.2, 0) is 11.2 Å². The third-order valence-corrected chi connectivity index (χ3v) is 3.37. The Morgan fingerprint density at radius 3 is 2.56 bits per heavy atom. The molecule has 0 bridgehead atoms. The molecule has 1 unspecified atom stereocenters. The van der Waals surface area contributed by atoms with Gasteiger partial charge in [-0.05, 0) is 36.4 Å². The lowest BCUT2D eigenvalue weighted by atomic mass is 9.92.